The maximum Gasteiger partial charge on any atom is 0.0898 e. The molecule has 0 bridgehead atoms. The van der Waals surface area contributed by atoms with Crippen LogP contribution in [0.4, 0.5) is 5.69 Å². The summed E-state index contributed by atoms with van der Waals surface area (Å²) in [7, 11) is 0. The Morgan fingerprint density at radius 1 is 1.20 bits per heavy atom. The van der Waals surface area contributed by atoms with Gasteiger partial charge in [0.05, 0.1) is 22.4 Å². The number of anilines is 1. The average Bonchev–Trinajstić information content (AvgIpc) is 3.10. The zero-order valence-corrected chi connectivity index (χ0v) is 12.2. The highest BCUT2D eigenvalue weighted by Crippen LogP contribution is 2.23. The second-order valence-corrected chi connectivity index (χ2v) is 5.77. The van der Waals surface area contributed by atoms with Crippen molar-refractivity contribution in [1.82, 2.24) is 15.2 Å². The number of H-pyrrole nitrogens is 1. The van der Waals surface area contributed by atoms with Gasteiger partial charge in [-0.25, -0.2) is 4.98 Å². The number of hydrogen-bond acceptors (Lipinski definition) is 4. The molecule has 1 unspecified atom stereocenters. The molecule has 3 aromatic rings. The number of thiazole rings is 1. The SMILES string of the molecule is Cc1nc(C(C)Nc2ccc(-c3ccn[nH]3)cc2)cs1. The van der Waals surface area contributed by atoms with E-state index in [1.54, 1.807) is 17.5 Å². The molecular weight excluding hydrogens is 268 g/mol. The Balaban J connectivity index is 1.72. The molecule has 1 atom stereocenters. The second-order valence-electron chi connectivity index (χ2n) is 4.71. The number of rotatable bonds is 4. The lowest BCUT2D eigenvalue weighted by atomic mass is 10.1. The third kappa shape index (κ3) is 2.72. The lowest BCUT2D eigenvalue weighted by Gasteiger charge is -2.13. The minimum atomic E-state index is 0.206. The minimum absolute atomic E-state index is 0.206. The van der Waals surface area contributed by atoms with E-state index in [4.69, 9.17) is 0 Å². The molecule has 3 rings (SSSR count). The van der Waals surface area contributed by atoms with E-state index in [9.17, 15) is 0 Å². The van der Waals surface area contributed by atoms with Gasteiger partial charge in [-0.2, -0.15) is 5.10 Å². The fourth-order valence-electron chi connectivity index (χ4n) is 2.07. The van der Waals surface area contributed by atoms with Gasteiger partial charge in [-0.3, -0.25) is 5.10 Å². The fourth-order valence-corrected chi connectivity index (χ4v) is 2.77. The Morgan fingerprint density at radius 2 is 2.00 bits per heavy atom. The molecule has 4 nitrogen and oxygen atoms in total. The van der Waals surface area contributed by atoms with Gasteiger partial charge in [0.2, 0.25) is 0 Å². The molecule has 0 fully saturated rings. The van der Waals surface area contributed by atoms with Crippen molar-refractivity contribution in [3.63, 3.8) is 0 Å². The van der Waals surface area contributed by atoms with Crippen molar-refractivity contribution in [3.05, 3.63) is 52.6 Å². The first-order valence-corrected chi connectivity index (χ1v) is 7.39. The van der Waals surface area contributed by atoms with Crippen molar-refractivity contribution in [2.75, 3.05) is 5.32 Å². The molecule has 0 aliphatic carbocycles. The number of aromatic nitrogens is 3. The second kappa shape index (κ2) is 5.46. The van der Waals surface area contributed by atoms with Crippen LogP contribution in [0.1, 0.15) is 23.7 Å². The van der Waals surface area contributed by atoms with Crippen LogP contribution in [0, 0.1) is 6.92 Å². The van der Waals surface area contributed by atoms with E-state index < -0.39 is 0 Å². The van der Waals surface area contributed by atoms with Crippen LogP contribution in [0.3, 0.4) is 0 Å². The standard InChI is InChI=1S/C15H16N4S/c1-10(15-9-20-11(2)18-15)17-13-5-3-12(4-6-13)14-7-8-16-19-14/h3-10,17H,1-2H3,(H,16,19). The molecule has 2 aromatic heterocycles. The Kier molecular flexibility index (Phi) is 3.52. The third-order valence-corrected chi connectivity index (χ3v) is 3.95. The van der Waals surface area contributed by atoms with Crippen molar-refractivity contribution < 1.29 is 0 Å². The Bertz CT molecular complexity index is 670. The highest BCUT2D eigenvalue weighted by Gasteiger charge is 2.08. The number of aryl methyl sites for hydroxylation is 1. The third-order valence-electron chi connectivity index (χ3n) is 3.16. The quantitative estimate of drug-likeness (QED) is 0.761. The van der Waals surface area contributed by atoms with Gasteiger partial charge in [-0.1, -0.05) is 12.1 Å². The summed E-state index contributed by atoms with van der Waals surface area (Å²) in [6, 6.07) is 10.5. The summed E-state index contributed by atoms with van der Waals surface area (Å²) < 4.78 is 0. The molecule has 0 amide bonds. The normalized spacial score (nSPS) is 12.3. The van der Waals surface area contributed by atoms with Crippen molar-refractivity contribution in [1.29, 1.82) is 0 Å². The summed E-state index contributed by atoms with van der Waals surface area (Å²) in [5, 5.41) is 13.6. The van der Waals surface area contributed by atoms with Gasteiger partial charge in [0.25, 0.3) is 0 Å². The Morgan fingerprint density at radius 3 is 2.60 bits per heavy atom. The molecule has 5 heteroatoms. The van der Waals surface area contributed by atoms with E-state index in [0.29, 0.717) is 0 Å². The Hall–Kier alpha value is -2.14. The first kappa shape index (κ1) is 12.9. The van der Waals surface area contributed by atoms with Crippen molar-refractivity contribution >= 4 is 17.0 Å². The molecule has 0 spiro atoms. The first-order valence-electron chi connectivity index (χ1n) is 6.51. The van der Waals surface area contributed by atoms with E-state index in [-0.39, 0.29) is 6.04 Å². The summed E-state index contributed by atoms with van der Waals surface area (Å²) in [6.07, 6.45) is 1.76. The molecule has 0 aliphatic rings. The number of nitrogens with one attached hydrogen (secondary N) is 2. The van der Waals surface area contributed by atoms with E-state index in [0.717, 1.165) is 27.6 Å². The van der Waals surface area contributed by atoms with E-state index in [2.05, 4.69) is 57.1 Å². The molecule has 102 valence electrons. The van der Waals surface area contributed by atoms with Crippen LogP contribution in [-0.2, 0) is 0 Å². The van der Waals surface area contributed by atoms with E-state index in [1.807, 2.05) is 13.0 Å². The smallest absolute Gasteiger partial charge is 0.0898 e. The zero-order valence-electron chi connectivity index (χ0n) is 11.4. The minimum Gasteiger partial charge on any atom is -0.377 e. The van der Waals surface area contributed by atoms with Gasteiger partial charge >= 0.3 is 0 Å². The fraction of sp³-hybridized carbons (Fsp3) is 0.200. The predicted octanol–water partition coefficient (Wildman–Crippen LogP) is 4.01. The van der Waals surface area contributed by atoms with Gasteiger partial charge in [0, 0.05) is 17.3 Å². The van der Waals surface area contributed by atoms with Gasteiger partial charge in [-0.15, -0.1) is 11.3 Å². The predicted molar refractivity (Wildman–Crippen MR) is 82.9 cm³/mol. The van der Waals surface area contributed by atoms with Crippen LogP contribution in [0.25, 0.3) is 11.3 Å². The average molecular weight is 284 g/mol. The van der Waals surface area contributed by atoms with Gasteiger partial charge < -0.3 is 5.32 Å². The zero-order chi connectivity index (χ0) is 13.9. The van der Waals surface area contributed by atoms with Gasteiger partial charge in [-0.05, 0) is 37.6 Å². The summed E-state index contributed by atoms with van der Waals surface area (Å²) in [5.41, 5.74) is 4.33. The molecule has 0 radical (unpaired) electrons. The van der Waals surface area contributed by atoms with Crippen molar-refractivity contribution in [2.24, 2.45) is 0 Å². The molecule has 0 saturated carbocycles. The monoisotopic (exact) mass is 284 g/mol. The molecule has 1 aromatic carbocycles. The number of hydrogen-bond donors (Lipinski definition) is 2. The summed E-state index contributed by atoms with van der Waals surface area (Å²) in [5.74, 6) is 0. The number of aromatic amines is 1. The molecule has 2 N–H and O–H groups in total. The van der Waals surface area contributed by atoms with Crippen molar-refractivity contribution in [2.45, 2.75) is 19.9 Å². The largest absolute Gasteiger partial charge is 0.377 e. The van der Waals surface area contributed by atoms with Crippen molar-refractivity contribution in [3.8, 4) is 11.3 Å². The van der Waals surface area contributed by atoms with Crippen LogP contribution in [0.2, 0.25) is 0 Å². The number of benzene rings is 1. The van der Waals surface area contributed by atoms with Crippen LogP contribution >= 0.6 is 11.3 Å². The first-order chi connectivity index (χ1) is 9.72. The van der Waals surface area contributed by atoms with Crippen LogP contribution < -0.4 is 5.32 Å². The lowest BCUT2D eigenvalue weighted by molar-refractivity contribution is 0.845. The lowest BCUT2D eigenvalue weighted by Crippen LogP contribution is -2.06. The van der Waals surface area contributed by atoms with E-state index >= 15 is 0 Å². The van der Waals surface area contributed by atoms with Crippen LogP contribution in [-0.4, -0.2) is 15.2 Å². The highest BCUT2D eigenvalue weighted by atomic mass is 32.1. The molecule has 20 heavy (non-hydrogen) atoms. The summed E-state index contributed by atoms with van der Waals surface area (Å²) >= 11 is 1.68. The topological polar surface area (TPSA) is 53.6 Å². The molecular formula is C15H16N4S. The molecule has 0 saturated heterocycles. The van der Waals surface area contributed by atoms with Gasteiger partial charge in [0.1, 0.15) is 0 Å². The summed E-state index contributed by atoms with van der Waals surface area (Å²) in [6.45, 7) is 4.15. The maximum absolute atomic E-state index is 4.51. The molecule has 0 aliphatic heterocycles. The summed E-state index contributed by atoms with van der Waals surface area (Å²) in [4.78, 5) is 4.51. The van der Waals surface area contributed by atoms with Gasteiger partial charge in [0.15, 0.2) is 0 Å². The highest BCUT2D eigenvalue weighted by molar-refractivity contribution is 7.09. The molecule has 2 heterocycles. The Labute approximate surface area is 121 Å². The van der Waals surface area contributed by atoms with Crippen LogP contribution in [0.5, 0.6) is 0 Å². The van der Waals surface area contributed by atoms with E-state index in [1.165, 1.54) is 0 Å². The van der Waals surface area contributed by atoms with Crippen LogP contribution in [0.15, 0.2) is 41.9 Å². The maximum atomic E-state index is 4.51. The number of nitrogens with zero attached hydrogens (tertiary/aromatic N) is 2.